The number of nitrogens with zero attached hydrogens (tertiary/aromatic N) is 4. The number of fused-ring (bicyclic) bond motifs is 1. The summed E-state index contributed by atoms with van der Waals surface area (Å²) < 4.78 is 14.6. The molecule has 2 aromatic rings. The fraction of sp³-hybridized carbons (Fsp3) is 0.667. The first-order chi connectivity index (χ1) is 10.8. The summed E-state index contributed by atoms with van der Waals surface area (Å²) in [4.78, 5) is 12.9. The van der Waals surface area contributed by atoms with Crippen molar-refractivity contribution >= 4 is 25.3 Å². The molecule has 2 N–H and O–H groups in total. The summed E-state index contributed by atoms with van der Waals surface area (Å²) in [6.07, 6.45) is 3.29. The molecule has 8 heteroatoms. The van der Waals surface area contributed by atoms with Crippen molar-refractivity contribution in [3.8, 4) is 0 Å². The molecule has 2 aromatic heterocycles. The largest absolute Gasteiger partial charge is 0.412 e. The average molecular weight is 335 g/mol. The molecule has 1 fully saturated rings. The molecule has 1 saturated heterocycles. The van der Waals surface area contributed by atoms with Gasteiger partial charge in [-0.2, -0.15) is 0 Å². The molecule has 0 radical (unpaired) electrons. The summed E-state index contributed by atoms with van der Waals surface area (Å²) in [6.45, 7) is 10.7. The van der Waals surface area contributed by atoms with Crippen LogP contribution >= 0.6 is 0 Å². The molecule has 0 spiro atoms. The van der Waals surface area contributed by atoms with E-state index in [0.29, 0.717) is 11.3 Å². The van der Waals surface area contributed by atoms with Gasteiger partial charge in [0.05, 0.1) is 12.2 Å². The van der Waals surface area contributed by atoms with Gasteiger partial charge in [-0.05, 0) is 33.0 Å². The van der Waals surface area contributed by atoms with E-state index in [0.717, 1.165) is 24.3 Å². The summed E-state index contributed by atoms with van der Waals surface area (Å²) in [7, 11) is -1.62. The van der Waals surface area contributed by atoms with Crippen LogP contribution in [0.15, 0.2) is 6.33 Å². The van der Waals surface area contributed by atoms with Gasteiger partial charge in [0.15, 0.2) is 25.3 Å². The molecule has 3 heterocycles. The molecule has 1 aliphatic heterocycles. The monoisotopic (exact) mass is 335 g/mol. The fourth-order valence-corrected chi connectivity index (χ4v) is 4.34. The molecule has 3 atom stereocenters. The van der Waals surface area contributed by atoms with Gasteiger partial charge in [-0.1, -0.05) is 6.92 Å². The maximum Gasteiger partial charge on any atom is 0.184 e. The molecule has 0 amide bonds. The number of hydrogen-bond donors (Lipinski definition) is 1. The van der Waals surface area contributed by atoms with E-state index in [1.54, 1.807) is 0 Å². The number of rotatable bonds is 4. The van der Waals surface area contributed by atoms with E-state index in [1.165, 1.54) is 6.33 Å². The zero-order chi connectivity index (χ0) is 16.8. The molecule has 0 bridgehead atoms. The van der Waals surface area contributed by atoms with Gasteiger partial charge in [0.2, 0.25) is 0 Å². The molecule has 1 aliphatic rings. The Hall–Kier alpha value is -1.51. The second kappa shape index (κ2) is 5.84. The lowest BCUT2D eigenvalue weighted by Crippen LogP contribution is -2.36. The van der Waals surface area contributed by atoms with Crippen molar-refractivity contribution < 1.29 is 9.16 Å². The molecule has 23 heavy (non-hydrogen) atoms. The number of aromatic nitrogens is 4. The Balaban J connectivity index is 1.94. The summed E-state index contributed by atoms with van der Waals surface area (Å²) in [6, 6.07) is 0. The Morgan fingerprint density at radius 1 is 1.39 bits per heavy atom. The quantitative estimate of drug-likeness (QED) is 0.864. The SMILES string of the molecule is CC[C@H]1O[C@@H](n2c(C)nc3c(N)ncnc32)CC1O[Si](C)(C)C. The Morgan fingerprint density at radius 3 is 2.78 bits per heavy atom. The van der Waals surface area contributed by atoms with E-state index in [2.05, 4.69) is 41.5 Å². The van der Waals surface area contributed by atoms with Gasteiger partial charge in [-0.25, -0.2) is 15.0 Å². The van der Waals surface area contributed by atoms with E-state index in [-0.39, 0.29) is 18.4 Å². The zero-order valence-corrected chi connectivity index (χ0v) is 15.4. The minimum Gasteiger partial charge on any atom is -0.412 e. The van der Waals surface area contributed by atoms with Gasteiger partial charge in [0.1, 0.15) is 18.4 Å². The van der Waals surface area contributed by atoms with Gasteiger partial charge in [-0.3, -0.25) is 4.57 Å². The maximum absolute atomic E-state index is 6.33. The Labute approximate surface area is 137 Å². The van der Waals surface area contributed by atoms with Crippen LogP contribution in [0.2, 0.25) is 19.6 Å². The highest BCUT2D eigenvalue weighted by molar-refractivity contribution is 6.69. The first kappa shape index (κ1) is 16.3. The minimum atomic E-state index is -1.62. The van der Waals surface area contributed by atoms with Crippen molar-refractivity contribution in [1.82, 2.24) is 19.5 Å². The van der Waals surface area contributed by atoms with Crippen LogP contribution in [0, 0.1) is 6.92 Å². The second-order valence-corrected chi connectivity index (χ2v) is 11.5. The van der Waals surface area contributed by atoms with Crippen LogP contribution in [-0.4, -0.2) is 40.0 Å². The zero-order valence-electron chi connectivity index (χ0n) is 14.4. The molecular formula is C15H25N5O2Si. The number of anilines is 1. The number of aryl methyl sites for hydroxylation is 1. The highest BCUT2D eigenvalue weighted by Gasteiger charge is 2.39. The van der Waals surface area contributed by atoms with E-state index in [4.69, 9.17) is 14.9 Å². The van der Waals surface area contributed by atoms with Crippen molar-refractivity contribution in [2.24, 2.45) is 0 Å². The molecule has 0 saturated carbocycles. The topological polar surface area (TPSA) is 88.1 Å². The Kier molecular flexibility index (Phi) is 4.15. The highest BCUT2D eigenvalue weighted by atomic mass is 28.4. The predicted octanol–water partition coefficient (Wildman–Crippen LogP) is 2.63. The normalized spacial score (nSPS) is 25.3. The lowest BCUT2D eigenvalue weighted by molar-refractivity contribution is -0.0162. The smallest absolute Gasteiger partial charge is 0.184 e. The number of ether oxygens (including phenoxy) is 1. The third kappa shape index (κ3) is 3.10. The molecule has 1 unspecified atom stereocenters. The number of hydrogen-bond acceptors (Lipinski definition) is 6. The molecule has 7 nitrogen and oxygen atoms in total. The first-order valence-electron chi connectivity index (χ1n) is 8.08. The van der Waals surface area contributed by atoms with Gasteiger partial charge in [0, 0.05) is 6.42 Å². The van der Waals surface area contributed by atoms with Crippen LogP contribution in [0.1, 0.15) is 31.8 Å². The molecular weight excluding hydrogens is 310 g/mol. The van der Waals surface area contributed by atoms with Gasteiger partial charge < -0.3 is 14.9 Å². The fourth-order valence-electron chi connectivity index (χ4n) is 3.18. The lowest BCUT2D eigenvalue weighted by atomic mass is 10.1. The van der Waals surface area contributed by atoms with E-state index < -0.39 is 8.32 Å². The standard InChI is InChI=1S/C15H25N5O2Si/c1-6-10-11(22-23(3,4)5)7-12(21-10)20-9(2)19-13-14(16)17-8-18-15(13)20/h8,10-12H,6-7H2,1-5H3,(H2,16,17,18)/t10-,11?,12-/m1/s1. The molecule has 0 aromatic carbocycles. The van der Waals surface area contributed by atoms with E-state index >= 15 is 0 Å². The predicted molar refractivity (Wildman–Crippen MR) is 91.5 cm³/mol. The van der Waals surface area contributed by atoms with Crippen molar-refractivity contribution in [3.05, 3.63) is 12.2 Å². The van der Waals surface area contributed by atoms with Crippen LogP contribution in [0.5, 0.6) is 0 Å². The maximum atomic E-state index is 6.33. The summed E-state index contributed by atoms with van der Waals surface area (Å²) >= 11 is 0. The van der Waals surface area contributed by atoms with Gasteiger partial charge in [-0.15, -0.1) is 0 Å². The number of nitrogen functional groups attached to an aromatic ring is 1. The van der Waals surface area contributed by atoms with Crippen LogP contribution in [0.3, 0.4) is 0 Å². The van der Waals surface area contributed by atoms with Crippen LogP contribution in [0.25, 0.3) is 11.2 Å². The van der Waals surface area contributed by atoms with Crippen molar-refractivity contribution in [3.63, 3.8) is 0 Å². The van der Waals surface area contributed by atoms with Gasteiger partial charge >= 0.3 is 0 Å². The van der Waals surface area contributed by atoms with E-state index in [1.807, 2.05) is 11.5 Å². The highest BCUT2D eigenvalue weighted by Crippen LogP contribution is 2.36. The second-order valence-electron chi connectivity index (χ2n) is 7.00. The number of imidazole rings is 1. The van der Waals surface area contributed by atoms with Crippen molar-refractivity contribution in [1.29, 1.82) is 0 Å². The minimum absolute atomic E-state index is 0.0998. The van der Waals surface area contributed by atoms with Crippen LogP contribution < -0.4 is 5.73 Å². The molecule has 0 aliphatic carbocycles. The lowest BCUT2D eigenvalue weighted by Gasteiger charge is -2.25. The summed E-state index contributed by atoms with van der Waals surface area (Å²) in [5.41, 5.74) is 7.28. The first-order valence-corrected chi connectivity index (χ1v) is 11.5. The Morgan fingerprint density at radius 2 is 2.13 bits per heavy atom. The Bertz CT molecular complexity index is 712. The molecule has 3 rings (SSSR count). The number of nitrogens with two attached hydrogens (primary N) is 1. The third-order valence-electron chi connectivity index (χ3n) is 4.06. The molecule has 126 valence electrons. The van der Waals surface area contributed by atoms with Crippen molar-refractivity contribution in [2.45, 2.75) is 64.8 Å². The van der Waals surface area contributed by atoms with Crippen molar-refractivity contribution in [2.75, 3.05) is 5.73 Å². The van der Waals surface area contributed by atoms with Gasteiger partial charge in [0.25, 0.3) is 0 Å². The average Bonchev–Trinajstić information content (AvgIpc) is 2.98. The summed E-state index contributed by atoms with van der Waals surface area (Å²) in [5.74, 6) is 1.23. The summed E-state index contributed by atoms with van der Waals surface area (Å²) in [5, 5.41) is 0. The van der Waals surface area contributed by atoms with Crippen LogP contribution in [0.4, 0.5) is 5.82 Å². The third-order valence-corrected chi connectivity index (χ3v) is 5.07. The van der Waals surface area contributed by atoms with Crippen LogP contribution in [-0.2, 0) is 9.16 Å². The van der Waals surface area contributed by atoms with E-state index in [9.17, 15) is 0 Å².